The van der Waals surface area contributed by atoms with Gasteiger partial charge in [-0.25, -0.2) is 5.32 Å². The Labute approximate surface area is 87.9 Å². The summed E-state index contributed by atoms with van der Waals surface area (Å²) in [6, 6.07) is 8.09. The molecule has 1 aromatic rings. The smallest absolute Gasteiger partial charge is 0.0439 e. The molecule has 1 fully saturated rings. The van der Waals surface area contributed by atoms with Crippen molar-refractivity contribution in [3.63, 3.8) is 0 Å². The third-order valence-electron chi connectivity index (χ3n) is 2.08. The van der Waals surface area contributed by atoms with Crippen LogP contribution in [0.1, 0.15) is 10.8 Å². The average Bonchev–Trinajstić information content (AvgIpc) is 2.19. The van der Waals surface area contributed by atoms with Gasteiger partial charge in [0.15, 0.2) is 0 Å². The molecule has 2 rings (SSSR count). The first-order chi connectivity index (χ1) is 6.36. The predicted octanol–water partition coefficient (Wildman–Crippen LogP) is 2.73. The van der Waals surface area contributed by atoms with Crippen molar-refractivity contribution in [1.82, 2.24) is 5.32 Å². The van der Waals surface area contributed by atoms with Crippen LogP contribution in [0.25, 0.3) is 0 Å². The van der Waals surface area contributed by atoms with Gasteiger partial charge in [-0.2, -0.15) is 11.8 Å². The van der Waals surface area contributed by atoms with E-state index >= 15 is 0 Å². The van der Waals surface area contributed by atoms with Crippen LogP contribution in [0, 0.1) is 0 Å². The zero-order chi connectivity index (χ0) is 9.10. The third-order valence-corrected chi connectivity index (χ3v) is 3.56. The molecule has 1 atom stereocenters. The van der Waals surface area contributed by atoms with Crippen LogP contribution in [-0.4, -0.2) is 18.8 Å². The second kappa shape index (κ2) is 4.36. The number of halogens is 1. The second-order valence-electron chi connectivity index (χ2n) is 3.04. The molecule has 1 aromatic carbocycles. The maximum Gasteiger partial charge on any atom is 0.0439 e. The lowest BCUT2D eigenvalue weighted by Gasteiger charge is -2.21. The Bertz CT molecular complexity index is 284. The standard InChI is InChI=1S/C10H11ClNS/c11-9-3-1-2-8(6-9)10-7-12-4-5-13-10/h1-3,6,10H,4-5,7H2. The molecule has 1 aliphatic rings. The zero-order valence-corrected chi connectivity index (χ0v) is 8.81. The van der Waals surface area contributed by atoms with E-state index in [0.29, 0.717) is 5.25 Å². The summed E-state index contributed by atoms with van der Waals surface area (Å²) in [6.45, 7) is 1.94. The maximum atomic E-state index is 5.92. The van der Waals surface area contributed by atoms with E-state index in [1.54, 1.807) is 0 Å². The van der Waals surface area contributed by atoms with Gasteiger partial charge < -0.3 is 0 Å². The maximum absolute atomic E-state index is 5.92. The third kappa shape index (κ3) is 2.39. The summed E-state index contributed by atoms with van der Waals surface area (Å²) in [5.74, 6) is 1.14. The van der Waals surface area contributed by atoms with Crippen molar-refractivity contribution in [3.05, 3.63) is 34.9 Å². The van der Waals surface area contributed by atoms with E-state index < -0.39 is 0 Å². The van der Waals surface area contributed by atoms with E-state index in [2.05, 4.69) is 11.4 Å². The van der Waals surface area contributed by atoms with Crippen molar-refractivity contribution in [2.45, 2.75) is 5.25 Å². The zero-order valence-electron chi connectivity index (χ0n) is 7.24. The van der Waals surface area contributed by atoms with Crippen molar-refractivity contribution in [3.8, 4) is 0 Å². The Hall–Kier alpha value is -0.180. The minimum atomic E-state index is 0.521. The summed E-state index contributed by atoms with van der Waals surface area (Å²) in [7, 11) is 0. The van der Waals surface area contributed by atoms with Gasteiger partial charge in [0, 0.05) is 29.1 Å². The first-order valence-electron chi connectivity index (χ1n) is 4.36. The van der Waals surface area contributed by atoms with Gasteiger partial charge in [-0.1, -0.05) is 23.7 Å². The molecule has 0 bridgehead atoms. The monoisotopic (exact) mass is 212 g/mol. The minimum absolute atomic E-state index is 0.521. The van der Waals surface area contributed by atoms with Gasteiger partial charge in [0.1, 0.15) is 0 Å². The van der Waals surface area contributed by atoms with E-state index in [1.165, 1.54) is 5.56 Å². The van der Waals surface area contributed by atoms with Crippen LogP contribution in [0.5, 0.6) is 0 Å². The van der Waals surface area contributed by atoms with Gasteiger partial charge in [0.2, 0.25) is 0 Å². The van der Waals surface area contributed by atoms with Crippen molar-refractivity contribution < 1.29 is 0 Å². The Balaban J connectivity index is 2.14. The topological polar surface area (TPSA) is 14.1 Å². The van der Waals surface area contributed by atoms with Gasteiger partial charge in [0.05, 0.1) is 0 Å². The van der Waals surface area contributed by atoms with Gasteiger partial charge in [-0.05, 0) is 17.7 Å². The number of hydrogen-bond donors (Lipinski definition) is 0. The molecule has 0 amide bonds. The molecule has 1 aliphatic heterocycles. The highest BCUT2D eigenvalue weighted by atomic mass is 35.5. The SMILES string of the molecule is Clc1cccc(C2C[N]CCS2)c1. The molecule has 0 aliphatic carbocycles. The van der Waals surface area contributed by atoms with Gasteiger partial charge in [-0.3, -0.25) is 0 Å². The lowest BCUT2D eigenvalue weighted by atomic mass is 10.1. The molecule has 13 heavy (non-hydrogen) atoms. The van der Waals surface area contributed by atoms with E-state index in [0.717, 1.165) is 23.9 Å². The van der Waals surface area contributed by atoms with Crippen LogP contribution in [0.2, 0.25) is 5.02 Å². The van der Waals surface area contributed by atoms with Crippen molar-refractivity contribution in [1.29, 1.82) is 0 Å². The predicted molar refractivity (Wildman–Crippen MR) is 58.5 cm³/mol. The fourth-order valence-corrected chi connectivity index (χ4v) is 2.70. The van der Waals surface area contributed by atoms with Crippen molar-refractivity contribution >= 4 is 23.4 Å². The minimum Gasteiger partial charge on any atom is -0.239 e. The molecular formula is C10H11ClNS. The average molecular weight is 213 g/mol. The van der Waals surface area contributed by atoms with Crippen molar-refractivity contribution in [2.24, 2.45) is 0 Å². The summed E-state index contributed by atoms with van der Waals surface area (Å²) < 4.78 is 0. The fourth-order valence-electron chi connectivity index (χ4n) is 1.43. The van der Waals surface area contributed by atoms with Crippen LogP contribution in [0.4, 0.5) is 0 Å². The van der Waals surface area contributed by atoms with Crippen LogP contribution in [-0.2, 0) is 0 Å². The molecule has 0 aromatic heterocycles. The first kappa shape index (κ1) is 9.38. The highest BCUT2D eigenvalue weighted by molar-refractivity contribution is 7.99. The summed E-state index contributed by atoms with van der Waals surface area (Å²) >= 11 is 7.90. The summed E-state index contributed by atoms with van der Waals surface area (Å²) in [6.07, 6.45) is 0. The molecule has 0 saturated carbocycles. The lowest BCUT2D eigenvalue weighted by molar-refractivity contribution is 0.675. The van der Waals surface area contributed by atoms with Gasteiger partial charge >= 0.3 is 0 Å². The molecule has 69 valence electrons. The van der Waals surface area contributed by atoms with E-state index in [1.807, 2.05) is 30.0 Å². The number of hydrogen-bond acceptors (Lipinski definition) is 1. The van der Waals surface area contributed by atoms with Crippen LogP contribution in [0.3, 0.4) is 0 Å². The quantitative estimate of drug-likeness (QED) is 0.698. The molecule has 3 heteroatoms. The molecule has 1 unspecified atom stereocenters. The lowest BCUT2D eigenvalue weighted by Crippen LogP contribution is -2.21. The normalized spacial score (nSPS) is 23.0. The van der Waals surface area contributed by atoms with E-state index in [-0.39, 0.29) is 0 Å². The number of thioether (sulfide) groups is 1. The highest BCUT2D eigenvalue weighted by Gasteiger charge is 2.15. The molecule has 0 N–H and O–H groups in total. The molecule has 1 heterocycles. The van der Waals surface area contributed by atoms with Crippen LogP contribution >= 0.6 is 23.4 Å². The largest absolute Gasteiger partial charge is 0.239 e. The number of rotatable bonds is 1. The Morgan fingerprint density at radius 2 is 2.38 bits per heavy atom. The summed E-state index contributed by atoms with van der Waals surface area (Å²) in [4.78, 5) is 0. The van der Waals surface area contributed by atoms with E-state index in [4.69, 9.17) is 11.6 Å². The Morgan fingerprint density at radius 1 is 1.46 bits per heavy atom. The van der Waals surface area contributed by atoms with Gasteiger partial charge in [0.25, 0.3) is 0 Å². The second-order valence-corrected chi connectivity index (χ2v) is 4.79. The fraction of sp³-hybridized carbons (Fsp3) is 0.400. The number of benzene rings is 1. The highest BCUT2D eigenvalue weighted by Crippen LogP contribution is 2.31. The first-order valence-corrected chi connectivity index (χ1v) is 5.79. The molecule has 1 radical (unpaired) electrons. The molecular weight excluding hydrogens is 202 g/mol. The molecule has 1 saturated heterocycles. The van der Waals surface area contributed by atoms with Crippen LogP contribution in [0.15, 0.2) is 24.3 Å². The van der Waals surface area contributed by atoms with E-state index in [9.17, 15) is 0 Å². The Morgan fingerprint density at radius 3 is 3.08 bits per heavy atom. The van der Waals surface area contributed by atoms with Gasteiger partial charge in [-0.15, -0.1) is 0 Å². The van der Waals surface area contributed by atoms with Crippen molar-refractivity contribution in [2.75, 3.05) is 18.8 Å². The van der Waals surface area contributed by atoms with Crippen LogP contribution < -0.4 is 5.32 Å². The molecule has 0 spiro atoms. The molecule has 1 nitrogen and oxygen atoms in total. The summed E-state index contributed by atoms with van der Waals surface area (Å²) in [5, 5.41) is 5.74. The summed E-state index contributed by atoms with van der Waals surface area (Å²) in [5.41, 5.74) is 1.31. The Kier molecular flexibility index (Phi) is 3.14. The number of nitrogens with zero attached hydrogens (tertiary/aromatic N) is 1.